The Hall–Kier alpha value is -5.87. The lowest BCUT2D eigenvalue weighted by Gasteiger charge is -2.26. The smallest absolute Gasteiger partial charge is 0.0725 e. The van der Waals surface area contributed by atoms with Gasteiger partial charge in [-0.3, -0.25) is 4.98 Å². The fourth-order valence-electron chi connectivity index (χ4n) is 6.76. The third-order valence-corrected chi connectivity index (χ3v) is 8.53. The Kier molecular flexibility index (Phi) is 5.16. The Labute approximate surface area is 248 Å². The lowest BCUT2D eigenvalue weighted by atomic mass is 10.0. The van der Waals surface area contributed by atoms with Crippen LogP contribution in [0, 0.1) is 0 Å². The molecule has 9 aromatic rings. The Balaban J connectivity index is 1.42. The van der Waals surface area contributed by atoms with Crippen molar-refractivity contribution in [1.29, 1.82) is 0 Å². The summed E-state index contributed by atoms with van der Waals surface area (Å²) in [5, 5.41) is 4.90. The summed E-state index contributed by atoms with van der Waals surface area (Å²) < 4.78 is 4.83. The second-order valence-corrected chi connectivity index (χ2v) is 10.9. The summed E-state index contributed by atoms with van der Waals surface area (Å²) in [6.45, 7) is 0. The number of para-hydroxylation sites is 4. The molecule has 0 N–H and O–H groups in total. The second kappa shape index (κ2) is 9.33. The molecule has 0 aliphatic heterocycles. The highest BCUT2D eigenvalue weighted by molar-refractivity contribution is 6.23. The standard InChI is InChI=1S/C39H26N4/c1-3-12-28(13-4-1)41(29-14-5-2-6-15-29)30-16-10-17-31(25-30)42-34-18-7-8-19-35(34)43-37-26-40-24-23-32(37)33-22-21-27-11-9-20-36(42)38(27)39(33)43/h1-26H. The summed E-state index contributed by atoms with van der Waals surface area (Å²) in [5.74, 6) is 0. The first-order valence-corrected chi connectivity index (χ1v) is 14.6. The van der Waals surface area contributed by atoms with E-state index >= 15 is 0 Å². The number of rotatable bonds is 4. The van der Waals surface area contributed by atoms with E-state index in [1.165, 1.54) is 27.1 Å². The first-order chi connectivity index (χ1) is 21.4. The van der Waals surface area contributed by atoms with Gasteiger partial charge in [-0.2, -0.15) is 0 Å². The largest absolute Gasteiger partial charge is 0.310 e. The highest BCUT2D eigenvalue weighted by atomic mass is 15.1. The van der Waals surface area contributed by atoms with E-state index in [9.17, 15) is 0 Å². The fraction of sp³-hybridized carbons (Fsp3) is 0. The minimum atomic E-state index is 1.09. The van der Waals surface area contributed by atoms with Crippen LogP contribution in [0.25, 0.3) is 54.8 Å². The van der Waals surface area contributed by atoms with Crippen molar-refractivity contribution in [2.24, 2.45) is 0 Å². The molecule has 0 saturated carbocycles. The van der Waals surface area contributed by atoms with Crippen LogP contribution in [-0.4, -0.2) is 14.0 Å². The molecule has 3 aromatic heterocycles. The number of fused-ring (bicyclic) bond motifs is 5. The predicted molar refractivity (Wildman–Crippen MR) is 179 cm³/mol. The van der Waals surface area contributed by atoms with Gasteiger partial charge in [-0.1, -0.05) is 78.9 Å². The van der Waals surface area contributed by atoms with Crippen LogP contribution >= 0.6 is 0 Å². The van der Waals surface area contributed by atoms with Gasteiger partial charge >= 0.3 is 0 Å². The number of benzene rings is 6. The predicted octanol–water partition coefficient (Wildman–Crippen LogP) is 10.2. The summed E-state index contributed by atoms with van der Waals surface area (Å²) in [6, 6.07) is 52.0. The molecular weight excluding hydrogens is 524 g/mol. The summed E-state index contributed by atoms with van der Waals surface area (Å²) >= 11 is 0. The highest BCUT2D eigenvalue weighted by Gasteiger charge is 2.19. The lowest BCUT2D eigenvalue weighted by molar-refractivity contribution is 1.16. The molecule has 0 radical (unpaired) electrons. The van der Waals surface area contributed by atoms with Crippen molar-refractivity contribution in [2.45, 2.75) is 0 Å². The zero-order chi connectivity index (χ0) is 28.3. The van der Waals surface area contributed by atoms with Crippen LogP contribution < -0.4 is 4.90 Å². The van der Waals surface area contributed by atoms with Crippen LogP contribution in [0.4, 0.5) is 17.1 Å². The summed E-state index contributed by atoms with van der Waals surface area (Å²) in [7, 11) is 0. The lowest BCUT2D eigenvalue weighted by Crippen LogP contribution is -2.10. The van der Waals surface area contributed by atoms with Gasteiger partial charge in [0.05, 0.1) is 33.8 Å². The first kappa shape index (κ1) is 23.8. The van der Waals surface area contributed by atoms with E-state index in [1.807, 2.05) is 12.4 Å². The van der Waals surface area contributed by atoms with Crippen LogP contribution in [0.15, 0.2) is 158 Å². The van der Waals surface area contributed by atoms with E-state index in [4.69, 9.17) is 0 Å². The van der Waals surface area contributed by atoms with E-state index in [0.29, 0.717) is 0 Å². The molecule has 43 heavy (non-hydrogen) atoms. The topological polar surface area (TPSA) is 25.5 Å². The van der Waals surface area contributed by atoms with E-state index in [-0.39, 0.29) is 0 Å². The molecular formula is C39H26N4. The van der Waals surface area contributed by atoms with E-state index < -0.39 is 0 Å². The number of nitrogens with zero attached hydrogens (tertiary/aromatic N) is 4. The molecule has 0 unspecified atom stereocenters. The Morgan fingerprint density at radius 1 is 0.488 bits per heavy atom. The molecule has 202 valence electrons. The van der Waals surface area contributed by atoms with Crippen molar-refractivity contribution >= 4 is 66.2 Å². The van der Waals surface area contributed by atoms with Crippen LogP contribution in [0.1, 0.15) is 0 Å². The molecule has 0 aliphatic carbocycles. The summed E-state index contributed by atoms with van der Waals surface area (Å²) in [6.07, 6.45) is 3.89. The molecule has 4 nitrogen and oxygen atoms in total. The molecule has 4 heteroatoms. The molecule has 0 aliphatic rings. The maximum absolute atomic E-state index is 4.55. The SMILES string of the molecule is c1ccc(N(c2ccccc2)c2cccc(-n3c4cccc5ccc6c7ccncc7n(c7ccccc73)c6c54)c2)cc1. The van der Waals surface area contributed by atoms with Crippen molar-refractivity contribution in [3.8, 4) is 5.69 Å². The summed E-state index contributed by atoms with van der Waals surface area (Å²) in [5.41, 5.74) is 10.2. The van der Waals surface area contributed by atoms with E-state index in [2.05, 4.69) is 164 Å². The maximum atomic E-state index is 4.55. The molecule has 9 rings (SSSR count). The first-order valence-electron chi connectivity index (χ1n) is 14.6. The van der Waals surface area contributed by atoms with Gasteiger partial charge in [0.1, 0.15) is 0 Å². The van der Waals surface area contributed by atoms with Crippen LogP contribution in [0.5, 0.6) is 0 Å². The van der Waals surface area contributed by atoms with Gasteiger partial charge in [0, 0.05) is 45.1 Å². The van der Waals surface area contributed by atoms with Gasteiger partial charge in [0.2, 0.25) is 0 Å². The number of aromatic nitrogens is 3. The van der Waals surface area contributed by atoms with Crippen molar-refractivity contribution in [3.05, 3.63) is 158 Å². The third-order valence-electron chi connectivity index (χ3n) is 8.53. The molecule has 0 bridgehead atoms. The molecule has 0 spiro atoms. The van der Waals surface area contributed by atoms with Crippen molar-refractivity contribution in [3.63, 3.8) is 0 Å². The highest BCUT2D eigenvalue weighted by Crippen LogP contribution is 2.40. The minimum absolute atomic E-state index is 1.09. The van der Waals surface area contributed by atoms with Gasteiger partial charge < -0.3 is 13.9 Å². The molecule has 0 saturated heterocycles. The third kappa shape index (κ3) is 3.53. The number of anilines is 3. The Morgan fingerprint density at radius 3 is 1.95 bits per heavy atom. The van der Waals surface area contributed by atoms with Gasteiger partial charge in [-0.25, -0.2) is 0 Å². The van der Waals surface area contributed by atoms with Crippen molar-refractivity contribution in [2.75, 3.05) is 4.90 Å². The van der Waals surface area contributed by atoms with Crippen molar-refractivity contribution < 1.29 is 0 Å². The van der Waals surface area contributed by atoms with Crippen LogP contribution in [-0.2, 0) is 0 Å². The average Bonchev–Trinajstić information content (AvgIpc) is 3.34. The Bertz CT molecular complexity index is 2400. The zero-order valence-electron chi connectivity index (χ0n) is 23.3. The molecule has 0 amide bonds. The van der Waals surface area contributed by atoms with Crippen LogP contribution in [0.2, 0.25) is 0 Å². The summed E-state index contributed by atoms with van der Waals surface area (Å²) in [4.78, 5) is 6.86. The molecule has 0 fully saturated rings. The minimum Gasteiger partial charge on any atom is -0.310 e. The van der Waals surface area contributed by atoms with Gasteiger partial charge in [-0.15, -0.1) is 0 Å². The van der Waals surface area contributed by atoms with Crippen molar-refractivity contribution in [1.82, 2.24) is 14.0 Å². The number of pyridine rings is 1. The Morgan fingerprint density at radius 2 is 1.16 bits per heavy atom. The van der Waals surface area contributed by atoms with E-state index in [0.717, 1.165) is 44.8 Å². The second-order valence-electron chi connectivity index (χ2n) is 10.9. The molecule has 6 aromatic carbocycles. The molecule has 3 heterocycles. The molecule has 0 atom stereocenters. The van der Waals surface area contributed by atoms with Gasteiger partial charge in [0.25, 0.3) is 0 Å². The maximum Gasteiger partial charge on any atom is 0.0725 e. The van der Waals surface area contributed by atoms with Gasteiger partial charge in [0.15, 0.2) is 0 Å². The van der Waals surface area contributed by atoms with Gasteiger partial charge in [-0.05, 0) is 72.1 Å². The quantitative estimate of drug-likeness (QED) is 0.218. The number of hydrogen-bond donors (Lipinski definition) is 0. The monoisotopic (exact) mass is 550 g/mol. The average molecular weight is 551 g/mol. The number of hydrogen-bond acceptors (Lipinski definition) is 2. The fourth-order valence-corrected chi connectivity index (χ4v) is 6.76. The van der Waals surface area contributed by atoms with E-state index in [1.54, 1.807) is 0 Å². The zero-order valence-corrected chi connectivity index (χ0v) is 23.3. The normalized spacial score (nSPS) is 11.7. The van der Waals surface area contributed by atoms with Crippen LogP contribution in [0.3, 0.4) is 0 Å².